The van der Waals surface area contributed by atoms with Gasteiger partial charge in [0, 0.05) is 16.3 Å². The van der Waals surface area contributed by atoms with E-state index in [0.29, 0.717) is 5.75 Å². The van der Waals surface area contributed by atoms with Crippen LogP contribution in [0.15, 0.2) is 0 Å². The molecule has 0 aliphatic rings. The second-order valence-corrected chi connectivity index (χ2v) is 2.31. The van der Waals surface area contributed by atoms with E-state index in [0.717, 1.165) is 6.42 Å². The summed E-state index contributed by atoms with van der Waals surface area (Å²) < 4.78 is 16.3. The van der Waals surface area contributed by atoms with Gasteiger partial charge in [-0.05, 0) is 6.42 Å². The predicted octanol–water partition coefficient (Wildman–Crippen LogP) is 0.640. The Labute approximate surface area is 39.6 Å². The van der Waals surface area contributed by atoms with Crippen molar-refractivity contribution >= 4 is 10.6 Å². The van der Waals surface area contributed by atoms with Gasteiger partial charge in [0.2, 0.25) is 0 Å². The average molecular weight is 107 g/mol. The van der Waals surface area contributed by atoms with Crippen LogP contribution in [-0.2, 0) is 10.6 Å². The number of rotatable bonds is 2. The molecule has 0 aliphatic heterocycles. The van der Waals surface area contributed by atoms with Crippen LogP contribution in [0.1, 0.15) is 13.3 Å². The minimum absolute atomic E-state index is 0.551. The predicted molar refractivity (Wildman–Crippen MR) is 27.4 cm³/mol. The average Bonchev–Trinajstić information content (AvgIpc) is 1.35. The zero-order valence-corrected chi connectivity index (χ0v) is 4.66. The van der Waals surface area contributed by atoms with Crippen molar-refractivity contribution in [3.63, 3.8) is 0 Å². The van der Waals surface area contributed by atoms with E-state index < -0.39 is 10.6 Å². The maximum Gasteiger partial charge on any atom is 0.0330 e. The first kappa shape index (κ1) is 5.95. The second-order valence-electron chi connectivity index (χ2n) is 1.10. The van der Waals surface area contributed by atoms with Crippen molar-refractivity contribution in [1.82, 2.24) is 0 Å². The molecule has 0 radical (unpaired) electrons. The molecule has 1 N–H and O–H groups in total. The van der Waals surface area contributed by atoms with Crippen LogP contribution in [0.4, 0.5) is 0 Å². The van der Waals surface area contributed by atoms with E-state index in [2.05, 4.69) is 0 Å². The summed E-state index contributed by atoms with van der Waals surface area (Å²) in [5.74, 6) is 0.551. The molecule has 0 aliphatic carbocycles. The van der Waals surface area contributed by atoms with Crippen molar-refractivity contribution in [2.45, 2.75) is 13.3 Å². The summed E-state index contributed by atoms with van der Waals surface area (Å²) in [5.41, 5.74) is 0. The Hall–Kier alpha value is -0.0500. The molecule has 0 aromatic rings. The summed E-state index contributed by atoms with van der Waals surface area (Å²) in [7, 11) is -1.60. The normalized spacial score (nSPS) is 14.2. The minimum Gasteiger partial charge on any atom is -0.255 e. The van der Waals surface area contributed by atoms with Crippen LogP contribution >= 0.6 is 0 Å². The smallest absolute Gasteiger partial charge is 0.0330 e. The molecule has 0 saturated carbocycles. The molecule has 1 unspecified atom stereocenters. The zero-order chi connectivity index (χ0) is 4.99. The molecular weight excluding hydrogens is 98.1 g/mol. The lowest BCUT2D eigenvalue weighted by Gasteiger charge is -1.75. The van der Waals surface area contributed by atoms with Gasteiger partial charge < -0.3 is 0 Å². The molecule has 0 rings (SSSR count). The molecule has 0 saturated heterocycles. The van der Waals surface area contributed by atoms with Gasteiger partial charge in [-0.3, -0.25) is 8.99 Å². The molecule has 0 fully saturated rings. The molecule has 38 valence electrons. The summed E-state index contributed by atoms with van der Waals surface area (Å²) in [6.07, 6.45) is 0.860. The van der Waals surface area contributed by atoms with E-state index in [1.165, 1.54) is 0 Å². The molecule has 1 atom stereocenters. The monoisotopic (exact) mass is 107 g/mol. The highest BCUT2D eigenvalue weighted by molar-refractivity contribution is 7.73. The molecule has 0 spiro atoms. The zero-order valence-electron chi connectivity index (χ0n) is 3.77. The van der Waals surface area contributed by atoms with Gasteiger partial charge in [-0.25, -0.2) is 0 Å². The first-order valence-electron chi connectivity index (χ1n) is 1.93. The second kappa shape index (κ2) is 3.15. The highest BCUT2D eigenvalue weighted by Crippen LogP contribution is 1.72. The number of hydrogen-bond acceptors (Lipinski definition) is 2. The third kappa shape index (κ3) is 3.95. The van der Waals surface area contributed by atoms with Gasteiger partial charge in [0.25, 0.3) is 0 Å². The van der Waals surface area contributed by atoms with Crippen LogP contribution < -0.4 is 0 Å². The number of nitrogens with one attached hydrogen (secondary N) is 1. The fourth-order valence-corrected chi connectivity index (χ4v) is 0.609. The molecule has 3 heteroatoms. The maximum atomic E-state index is 9.86. The van der Waals surface area contributed by atoms with Gasteiger partial charge in [-0.1, -0.05) is 6.92 Å². The van der Waals surface area contributed by atoms with Crippen molar-refractivity contribution in [1.29, 1.82) is 4.78 Å². The molecule has 0 bridgehead atoms. The van der Waals surface area contributed by atoms with Crippen molar-refractivity contribution in [3.05, 3.63) is 0 Å². The van der Waals surface area contributed by atoms with Gasteiger partial charge in [-0.15, -0.1) is 0 Å². The van der Waals surface area contributed by atoms with Crippen LogP contribution in [0.3, 0.4) is 0 Å². The van der Waals surface area contributed by atoms with Crippen molar-refractivity contribution in [3.8, 4) is 0 Å². The molecule has 0 aromatic carbocycles. The maximum absolute atomic E-state index is 9.86. The molecule has 6 heavy (non-hydrogen) atoms. The number of hydrogen-bond donors (Lipinski definition) is 2. The van der Waals surface area contributed by atoms with E-state index in [4.69, 9.17) is 4.78 Å². The van der Waals surface area contributed by atoms with E-state index >= 15 is 0 Å². The largest absolute Gasteiger partial charge is 0.255 e. The lowest BCUT2D eigenvalue weighted by Crippen LogP contribution is -1.78. The van der Waals surface area contributed by atoms with E-state index in [1.807, 2.05) is 6.92 Å². The Morgan fingerprint density at radius 1 is 1.83 bits per heavy atom. The molecule has 0 heterocycles. The van der Waals surface area contributed by atoms with Crippen LogP contribution in [-0.4, -0.2) is 9.96 Å². The molecule has 2 nitrogen and oxygen atoms in total. The standard InChI is InChI=1S/C3H9NOS/c1-2-3-6(4)5/h4,6H,2-3H2,1H3. The van der Waals surface area contributed by atoms with E-state index in [1.54, 1.807) is 0 Å². The van der Waals surface area contributed by atoms with Crippen molar-refractivity contribution in [2.75, 3.05) is 5.75 Å². The third-order valence-corrected chi connectivity index (χ3v) is 1.28. The Bertz CT molecular complexity index is 78.8. The summed E-state index contributed by atoms with van der Waals surface area (Å²) in [6, 6.07) is 0. The third-order valence-electron chi connectivity index (χ3n) is 0.427. The Balaban J connectivity index is 3.07. The fourth-order valence-electron chi connectivity index (χ4n) is 0.203. The lowest BCUT2D eigenvalue weighted by molar-refractivity contribution is 0.686. The van der Waals surface area contributed by atoms with Crippen LogP contribution in [0.2, 0.25) is 0 Å². The van der Waals surface area contributed by atoms with Crippen LogP contribution in [0.25, 0.3) is 0 Å². The summed E-state index contributed by atoms with van der Waals surface area (Å²) in [6.45, 7) is 1.92. The summed E-state index contributed by atoms with van der Waals surface area (Å²) >= 11 is 0. The molecule has 0 aromatic heterocycles. The lowest BCUT2D eigenvalue weighted by atomic mass is 10.6. The van der Waals surface area contributed by atoms with Gasteiger partial charge in [0.15, 0.2) is 0 Å². The van der Waals surface area contributed by atoms with Gasteiger partial charge >= 0.3 is 0 Å². The van der Waals surface area contributed by atoms with Crippen molar-refractivity contribution in [2.24, 2.45) is 0 Å². The SMILES string of the molecule is CCC[SH](=N)=O. The van der Waals surface area contributed by atoms with Crippen LogP contribution in [0.5, 0.6) is 0 Å². The fraction of sp³-hybridized carbons (Fsp3) is 1.00. The van der Waals surface area contributed by atoms with Crippen LogP contribution in [0, 0.1) is 4.78 Å². The highest BCUT2D eigenvalue weighted by Gasteiger charge is 1.72. The summed E-state index contributed by atoms with van der Waals surface area (Å²) in [4.78, 5) is 0. The summed E-state index contributed by atoms with van der Waals surface area (Å²) in [5, 5.41) is 0. The quantitative estimate of drug-likeness (QED) is 0.499. The van der Waals surface area contributed by atoms with Crippen molar-refractivity contribution < 1.29 is 4.21 Å². The van der Waals surface area contributed by atoms with Gasteiger partial charge in [0.1, 0.15) is 0 Å². The Kier molecular flexibility index (Phi) is 3.13. The Morgan fingerprint density at radius 3 is 2.33 bits per heavy atom. The molecule has 0 amide bonds. The van der Waals surface area contributed by atoms with E-state index in [-0.39, 0.29) is 0 Å². The van der Waals surface area contributed by atoms with Gasteiger partial charge in [-0.2, -0.15) is 0 Å². The van der Waals surface area contributed by atoms with Gasteiger partial charge in [0.05, 0.1) is 0 Å². The topological polar surface area (TPSA) is 40.9 Å². The number of thiol groups is 1. The first-order chi connectivity index (χ1) is 2.77. The molecular formula is C3H9NOS. The minimum atomic E-state index is -1.60. The Morgan fingerprint density at radius 2 is 2.33 bits per heavy atom. The van der Waals surface area contributed by atoms with E-state index in [9.17, 15) is 4.21 Å². The highest BCUT2D eigenvalue weighted by atomic mass is 32.2. The first-order valence-corrected chi connectivity index (χ1v) is 3.37.